The average Bonchev–Trinajstić information content (AvgIpc) is 2.85. The Morgan fingerprint density at radius 3 is 1.26 bits per heavy atom. The second-order valence-corrected chi connectivity index (χ2v) is 8.32. The van der Waals surface area contributed by atoms with Gasteiger partial charge in [-0.1, -0.05) is 0 Å². The molecule has 0 aliphatic rings. The molecule has 2 unspecified atom stereocenters. The predicted octanol–water partition coefficient (Wildman–Crippen LogP) is 6.60. The molecule has 0 aromatic heterocycles. The lowest BCUT2D eigenvalue weighted by Crippen LogP contribution is -2.68. The summed E-state index contributed by atoms with van der Waals surface area (Å²) in [6.07, 6.45) is -31.6. The van der Waals surface area contributed by atoms with Gasteiger partial charge in [0.25, 0.3) is 0 Å². The summed E-state index contributed by atoms with van der Waals surface area (Å²) in [6, 6.07) is 0. The maximum absolute atomic E-state index is 13.7. The van der Waals surface area contributed by atoms with E-state index in [2.05, 4.69) is 9.47 Å². The Labute approximate surface area is 239 Å². The van der Waals surface area contributed by atoms with Crippen molar-refractivity contribution in [3.8, 4) is 0 Å². The van der Waals surface area contributed by atoms with Gasteiger partial charge in [0.15, 0.2) is 6.17 Å². The molecule has 0 saturated carbocycles. The van der Waals surface area contributed by atoms with E-state index in [1.54, 1.807) is 4.74 Å². The molecule has 0 heterocycles. The van der Waals surface area contributed by atoms with Gasteiger partial charge in [0.2, 0.25) is 6.29 Å². The van der Waals surface area contributed by atoms with Crippen LogP contribution in [0.5, 0.6) is 0 Å². The quantitative estimate of drug-likeness (QED) is 0.115. The lowest BCUT2D eigenvalue weighted by molar-refractivity contribution is -0.450. The molecule has 0 aromatic rings. The molecule has 280 valence electrons. The molecule has 0 bridgehead atoms. The Morgan fingerprint density at radius 2 is 0.915 bits per heavy atom. The summed E-state index contributed by atoms with van der Waals surface area (Å²) in [6.45, 7) is -3.60. The Kier molecular flexibility index (Phi) is 11.5. The van der Waals surface area contributed by atoms with Crippen molar-refractivity contribution in [3.05, 3.63) is 0 Å². The van der Waals surface area contributed by atoms with Crippen molar-refractivity contribution in [1.82, 2.24) is 0 Å². The van der Waals surface area contributed by atoms with Crippen molar-refractivity contribution in [2.45, 2.75) is 85.2 Å². The van der Waals surface area contributed by atoms with Gasteiger partial charge in [-0.25, -0.2) is 14.0 Å². The van der Waals surface area contributed by atoms with Crippen molar-refractivity contribution in [1.29, 1.82) is 0 Å². The number of aliphatic hydroxyl groups is 1. The van der Waals surface area contributed by atoms with Gasteiger partial charge in [-0.15, -0.1) is 0 Å². The predicted molar refractivity (Wildman–Crippen MR) is 90.2 cm³/mol. The zero-order valence-electron chi connectivity index (χ0n) is 20.9. The van der Waals surface area contributed by atoms with Gasteiger partial charge in [0, 0.05) is 0 Å². The third-order valence-electron chi connectivity index (χ3n) is 4.99. The second kappa shape index (κ2) is 12.3. The van der Waals surface area contributed by atoms with Gasteiger partial charge in [0.1, 0.15) is 6.61 Å². The molecule has 0 rings (SSSR count). The van der Waals surface area contributed by atoms with E-state index in [1.165, 1.54) is 0 Å². The first-order valence-corrected chi connectivity index (χ1v) is 10.4. The van der Waals surface area contributed by atoms with Crippen molar-refractivity contribution < 1.29 is 134 Å². The molecule has 0 amide bonds. The summed E-state index contributed by atoms with van der Waals surface area (Å²) < 4.78 is 323. The van der Waals surface area contributed by atoms with Crippen LogP contribution in [0.25, 0.3) is 0 Å². The van der Waals surface area contributed by atoms with E-state index in [1.807, 2.05) is 0 Å². The summed E-state index contributed by atoms with van der Waals surface area (Å²) >= 11 is 0. The Bertz CT molecular complexity index is 1140. The van der Waals surface area contributed by atoms with E-state index < -0.39 is 104 Å². The van der Waals surface area contributed by atoms with E-state index in [0.717, 1.165) is 0 Å². The lowest BCUT2D eigenvalue weighted by Gasteiger charge is -2.37. The standard InChI is InChI=1S/C17H8F24O6/c1-3(18)7(19,20)10(25,26)11(27,28)9(23,24)6(44)47-17(40,41)16(38,39)46-4(2-42)45-5(43)8(21,22)12(29,30)13(31,32)14(33,34)15(35,36)37/h3-4,42H,2H2,1H3. The molecule has 0 saturated heterocycles. The molecule has 1 N–H and O–H groups in total. The minimum Gasteiger partial charge on any atom is -0.428 e. The summed E-state index contributed by atoms with van der Waals surface area (Å²) in [5, 5.41) is 8.55. The normalized spacial score (nSPS) is 16.9. The average molecular weight is 764 g/mol. The molecule has 2 atom stereocenters. The number of carbonyl (C=O) groups is 2. The highest BCUT2D eigenvalue weighted by atomic mass is 19.4. The highest BCUT2D eigenvalue weighted by molar-refractivity contribution is 5.80. The highest BCUT2D eigenvalue weighted by Crippen LogP contribution is 2.58. The summed E-state index contributed by atoms with van der Waals surface area (Å²) in [4.78, 5) is 22.1. The molecule has 6 nitrogen and oxygen atoms in total. The van der Waals surface area contributed by atoms with Crippen LogP contribution < -0.4 is 0 Å². The fourth-order valence-electron chi connectivity index (χ4n) is 2.25. The fraction of sp³-hybridized carbons (Fsp3) is 0.882. The first kappa shape index (κ1) is 44.2. The smallest absolute Gasteiger partial charge is 0.428 e. The Morgan fingerprint density at radius 1 is 0.553 bits per heavy atom. The second-order valence-electron chi connectivity index (χ2n) is 8.32. The van der Waals surface area contributed by atoms with Crippen LogP contribution in [0.1, 0.15) is 6.92 Å². The number of hydrogen-bond acceptors (Lipinski definition) is 6. The van der Waals surface area contributed by atoms with E-state index in [9.17, 15) is 115 Å². The monoisotopic (exact) mass is 764 g/mol. The fourth-order valence-corrected chi connectivity index (χ4v) is 2.25. The molecular formula is C17H8F24O6. The topological polar surface area (TPSA) is 82.1 Å². The molecule has 0 spiro atoms. The number of carbonyl (C=O) groups excluding carboxylic acids is 2. The third-order valence-corrected chi connectivity index (χ3v) is 4.99. The summed E-state index contributed by atoms with van der Waals surface area (Å²) in [5.74, 6) is -72.8. The largest absolute Gasteiger partial charge is 0.496 e. The first-order valence-electron chi connectivity index (χ1n) is 10.4. The maximum Gasteiger partial charge on any atom is 0.496 e. The highest BCUT2D eigenvalue weighted by Gasteiger charge is 2.89. The molecule has 0 fully saturated rings. The van der Waals surface area contributed by atoms with Crippen molar-refractivity contribution >= 4 is 11.9 Å². The van der Waals surface area contributed by atoms with Crippen LogP contribution >= 0.6 is 0 Å². The zero-order chi connectivity index (χ0) is 38.6. The molecule has 30 heteroatoms. The van der Waals surface area contributed by atoms with Gasteiger partial charge in [-0.3, -0.25) is 4.74 Å². The van der Waals surface area contributed by atoms with Crippen LogP contribution in [-0.2, 0) is 23.8 Å². The number of halogens is 24. The van der Waals surface area contributed by atoms with Gasteiger partial charge in [-0.2, -0.15) is 101 Å². The molecule has 0 aromatic carbocycles. The minimum absolute atomic E-state index is 0.669. The lowest BCUT2D eigenvalue weighted by atomic mass is 9.96. The molecule has 0 aliphatic heterocycles. The van der Waals surface area contributed by atoms with E-state index >= 15 is 0 Å². The zero-order valence-corrected chi connectivity index (χ0v) is 20.9. The van der Waals surface area contributed by atoms with Gasteiger partial charge >= 0.3 is 77.7 Å². The molecule has 47 heavy (non-hydrogen) atoms. The number of rotatable bonds is 15. The number of esters is 2. The van der Waals surface area contributed by atoms with Crippen LogP contribution in [0.2, 0.25) is 0 Å². The van der Waals surface area contributed by atoms with E-state index in [4.69, 9.17) is 5.11 Å². The first-order chi connectivity index (χ1) is 20.1. The van der Waals surface area contributed by atoms with Crippen molar-refractivity contribution in [2.75, 3.05) is 6.61 Å². The third kappa shape index (κ3) is 6.88. The minimum atomic E-state index is -8.36. The number of hydrogen-bond donors (Lipinski definition) is 1. The molecular weight excluding hydrogens is 756 g/mol. The van der Waals surface area contributed by atoms with Crippen LogP contribution in [0.3, 0.4) is 0 Å². The van der Waals surface area contributed by atoms with Crippen molar-refractivity contribution in [2.24, 2.45) is 0 Å². The van der Waals surface area contributed by atoms with Gasteiger partial charge in [-0.05, 0) is 6.92 Å². The Hall–Kier alpha value is -2.82. The summed E-state index contributed by atoms with van der Waals surface area (Å²) in [5.41, 5.74) is 0. The van der Waals surface area contributed by atoms with Crippen LogP contribution in [-0.4, -0.2) is 102 Å². The van der Waals surface area contributed by atoms with Crippen molar-refractivity contribution in [3.63, 3.8) is 0 Å². The van der Waals surface area contributed by atoms with Gasteiger partial charge in [0.05, 0.1) is 0 Å². The maximum atomic E-state index is 13.7. The van der Waals surface area contributed by atoms with E-state index in [0.29, 0.717) is 0 Å². The number of ether oxygens (including phenoxy) is 3. The van der Waals surface area contributed by atoms with E-state index in [-0.39, 0.29) is 0 Å². The molecule has 0 aliphatic carbocycles. The Balaban J connectivity index is 6.33. The van der Waals surface area contributed by atoms with Crippen LogP contribution in [0.15, 0.2) is 0 Å². The van der Waals surface area contributed by atoms with Crippen LogP contribution in [0, 0.1) is 0 Å². The van der Waals surface area contributed by atoms with Gasteiger partial charge < -0.3 is 14.6 Å². The van der Waals surface area contributed by atoms with Crippen LogP contribution in [0.4, 0.5) is 105 Å². The molecule has 0 radical (unpaired) electrons. The summed E-state index contributed by atoms with van der Waals surface area (Å²) in [7, 11) is 0. The number of alkyl halides is 24. The SMILES string of the molecule is CC(F)C(F)(F)C(F)(F)C(F)(F)C(F)(F)C(=O)OC(F)(F)C(F)(F)OC(CO)OC(=O)C(F)(F)C(F)(F)C(F)(F)C(F)(F)C(F)(F)F. The number of aliphatic hydroxyl groups excluding tert-OH is 1.